The van der Waals surface area contributed by atoms with Gasteiger partial charge in [-0.2, -0.15) is 0 Å². The fourth-order valence-electron chi connectivity index (χ4n) is 2.03. The van der Waals surface area contributed by atoms with Gasteiger partial charge >= 0.3 is 11.9 Å². The van der Waals surface area contributed by atoms with Gasteiger partial charge in [0, 0.05) is 6.07 Å². The zero-order valence-electron chi connectivity index (χ0n) is 12.6. The third-order valence-electron chi connectivity index (χ3n) is 3.18. The molecule has 0 aliphatic carbocycles. The topological polar surface area (TPSA) is 52.6 Å². The first-order valence-electron chi connectivity index (χ1n) is 7.28. The molecule has 0 aliphatic heterocycles. The summed E-state index contributed by atoms with van der Waals surface area (Å²) in [5.74, 6) is -0.476. The van der Waals surface area contributed by atoms with Crippen LogP contribution in [0.3, 0.4) is 0 Å². The molecule has 4 heteroatoms. The van der Waals surface area contributed by atoms with Crippen LogP contribution < -0.4 is 9.47 Å². The number of benzene rings is 3. The zero-order valence-corrected chi connectivity index (χ0v) is 12.6. The summed E-state index contributed by atoms with van der Waals surface area (Å²) >= 11 is 0. The van der Waals surface area contributed by atoms with Crippen LogP contribution in [0.15, 0.2) is 78.9 Å². The predicted molar refractivity (Wildman–Crippen MR) is 88.1 cm³/mol. The molecule has 4 nitrogen and oxygen atoms in total. The first kappa shape index (κ1) is 15.5. The van der Waals surface area contributed by atoms with E-state index >= 15 is 0 Å². The predicted octanol–water partition coefficient (Wildman–Crippen LogP) is 3.93. The lowest BCUT2D eigenvalue weighted by atomic mass is 10.2. The minimum Gasteiger partial charge on any atom is -0.423 e. The largest absolute Gasteiger partial charge is 0.423 e. The van der Waals surface area contributed by atoms with Crippen molar-refractivity contribution >= 4 is 11.9 Å². The van der Waals surface area contributed by atoms with Crippen LogP contribution in [0.2, 0.25) is 0 Å². The van der Waals surface area contributed by atoms with Crippen molar-refractivity contribution in [2.24, 2.45) is 0 Å². The molecule has 0 unspecified atom stereocenters. The van der Waals surface area contributed by atoms with E-state index in [9.17, 15) is 9.59 Å². The summed E-state index contributed by atoms with van der Waals surface area (Å²) in [6.45, 7) is 0. The van der Waals surface area contributed by atoms with Crippen molar-refractivity contribution in [2.75, 3.05) is 0 Å². The highest BCUT2D eigenvalue weighted by Crippen LogP contribution is 2.21. The smallest absolute Gasteiger partial charge is 0.343 e. The molecule has 0 saturated heterocycles. The lowest BCUT2D eigenvalue weighted by Gasteiger charge is -2.07. The van der Waals surface area contributed by atoms with Crippen LogP contribution in [-0.4, -0.2) is 11.9 Å². The summed E-state index contributed by atoms with van der Waals surface area (Å²) in [4.78, 5) is 24.1. The minimum atomic E-state index is -0.490. The van der Waals surface area contributed by atoms with Gasteiger partial charge in [0.05, 0.1) is 11.1 Å². The van der Waals surface area contributed by atoms with Crippen LogP contribution in [0.5, 0.6) is 11.5 Å². The van der Waals surface area contributed by atoms with E-state index < -0.39 is 11.9 Å². The molecule has 0 saturated carbocycles. The summed E-state index contributed by atoms with van der Waals surface area (Å²) < 4.78 is 10.5. The molecular formula is C20H13O4. The average molecular weight is 317 g/mol. The van der Waals surface area contributed by atoms with Gasteiger partial charge in [0.15, 0.2) is 0 Å². The van der Waals surface area contributed by atoms with Crippen LogP contribution >= 0.6 is 0 Å². The monoisotopic (exact) mass is 317 g/mol. The van der Waals surface area contributed by atoms with Gasteiger partial charge in [-0.15, -0.1) is 0 Å². The second-order valence-corrected chi connectivity index (χ2v) is 4.92. The van der Waals surface area contributed by atoms with E-state index in [1.165, 1.54) is 18.2 Å². The van der Waals surface area contributed by atoms with Gasteiger partial charge in [0.2, 0.25) is 0 Å². The first-order valence-corrected chi connectivity index (χ1v) is 7.28. The Morgan fingerprint density at radius 3 is 1.50 bits per heavy atom. The normalized spacial score (nSPS) is 10.0. The Hall–Kier alpha value is -3.40. The maximum Gasteiger partial charge on any atom is 0.343 e. The number of carbonyl (C=O) groups excluding carboxylic acids is 2. The highest BCUT2D eigenvalue weighted by Gasteiger charge is 2.11. The van der Waals surface area contributed by atoms with Crippen molar-refractivity contribution in [3.63, 3.8) is 0 Å². The summed E-state index contributed by atoms with van der Waals surface area (Å²) in [6.07, 6.45) is 0. The van der Waals surface area contributed by atoms with E-state index in [0.717, 1.165) is 0 Å². The van der Waals surface area contributed by atoms with Crippen molar-refractivity contribution < 1.29 is 19.1 Å². The van der Waals surface area contributed by atoms with Crippen LogP contribution in [0.25, 0.3) is 0 Å². The molecule has 0 heterocycles. The van der Waals surface area contributed by atoms with E-state index in [4.69, 9.17) is 9.47 Å². The molecule has 0 aromatic heterocycles. The van der Waals surface area contributed by atoms with Crippen LogP contribution in [0.4, 0.5) is 0 Å². The summed E-state index contributed by atoms with van der Waals surface area (Å²) in [5, 5.41) is 0. The number of esters is 2. The molecule has 1 radical (unpaired) electrons. The second kappa shape index (κ2) is 7.24. The minimum absolute atomic E-state index is 0.252. The molecule has 0 atom stereocenters. The van der Waals surface area contributed by atoms with Crippen LogP contribution in [-0.2, 0) is 0 Å². The second-order valence-electron chi connectivity index (χ2n) is 4.92. The first-order chi connectivity index (χ1) is 11.7. The Kier molecular flexibility index (Phi) is 4.68. The van der Waals surface area contributed by atoms with E-state index in [0.29, 0.717) is 11.1 Å². The van der Waals surface area contributed by atoms with E-state index in [1.54, 1.807) is 48.5 Å². The van der Waals surface area contributed by atoms with E-state index in [1.807, 2.05) is 12.1 Å². The van der Waals surface area contributed by atoms with Gasteiger partial charge < -0.3 is 9.47 Å². The average Bonchev–Trinajstić information content (AvgIpc) is 2.63. The van der Waals surface area contributed by atoms with E-state index in [-0.39, 0.29) is 11.5 Å². The molecule has 0 amide bonds. The fraction of sp³-hybridized carbons (Fsp3) is 0. The lowest BCUT2D eigenvalue weighted by molar-refractivity contribution is 0.0733. The Balaban J connectivity index is 1.70. The molecule has 0 fully saturated rings. The third kappa shape index (κ3) is 3.87. The number of carbonyl (C=O) groups is 2. The Labute approximate surface area is 139 Å². The van der Waals surface area contributed by atoms with Crippen molar-refractivity contribution in [3.8, 4) is 11.5 Å². The number of rotatable bonds is 4. The molecule has 0 bridgehead atoms. The quantitative estimate of drug-likeness (QED) is 0.540. The molecule has 0 aliphatic rings. The lowest BCUT2D eigenvalue weighted by Crippen LogP contribution is -2.10. The number of hydrogen-bond acceptors (Lipinski definition) is 4. The molecule has 24 heavy (non-hydrogen) atoms. The van der Waals surface area contributed by atoms with E-state index in [2.05, 4.69) is 6.07 Å². The Bertz CT molecular complexity index is 773. The van der Waals surface area contributed by atoms with Gasteiger partial charge in [-0.05, 0) is 42.5 Å². The summed E-state index contributed by atoms with van der Waals surface area (Å²) in [7, 11) is 0. The highest BCUT2D eigenvalue weighted by atomic mass is 16.5. The van der Waals surface area contributed by atoms with Crippen molar-refractivity contribution in [1.82, 2.24) is 0 Å². The fourth-order valence-corrected chi connectivity index (χ4v) is 2.03. The molecule has 3 aromatic carbocycles. The standard InChI is InChI=1S/C20H13O4/c21-19(15-8-3-1-4-9-15)23-17-12-7-13-18(14-17)24-20(22)16-10-5-2-6-11-16/h1-6,8-14H. The SMILES string of the molecule is O=C(Oc1c[c]cc(OC(=O)c2ccccc2)c1)c1ccccc1. The van der Waals surface area contributed by atoms with Crippen LogP contribution in [0.1, 0.15) is 20.7 Å². The van der Waals surface area contributed by atoms with Gasteiger partial charge in [0.1, 0.15) is 11.5 Å². The third-order valence-corrected chi connectivity index (χ3v) is 3.18. The van der Waals surface area contributed by atoms with Gasteiger partial charge in [-0.1, -0.05) is 36.4 Å². The molecular weight excluding hydrogens is 304 g/mol. The molecule has 3 aromatic rings. The number of ether oxygens (including phenoxy) is 2. The van der Waals surface area contributed by atoms with Gasteiger partial charge in [-0.3, -0.25) is 0 Å². The maximum absolute atomic E-state index is 12.0. The number of hydrogen-bond donors (Lipinski definition) is 0. The van der Waals surface area contributed by atoms with Gasteiger partial charge in [-0.25, -0.2) is 9.59 Å². The van der Waals surface area contributed by atoms with Crippen LogP contribution in [0, 0.1) is 6.07 Å². The Morgan fingerprint density at radius 2 is 1.08 bits per heavy atom. The highest BCUT2D eigenvalue weighted by molar-refractivity contribution is 5.92. The van der Waals surface area contributed by atoms with Crippen molar-refractivity contribution in [3.05, 3.63) is 96.1 Å². The Morgan fingerprint density at radius 1 is 0.667 bits per heavy atom. The molecule has 3 rings (SSSR count). The summed E-state index contributed by atoms with van der Waals surface area (Å²) in [5.41, 5.74) is 0.869. The zero-order chi connectivity index (χ0) is 16.8. The summed E-state index contributed by atoms with van der Waals surface area (Å²) in [6, 6.07) is 24.5. The van der Waals surface area contributed by atoms with Gasteiger partial charge in [0.25, 0.3) is 0 Å². The molecule has 117 valence electrons. The molecule has 0 N–H and O–H groups in total. The van der Waals surface area contributed by atoms with Crippen molar-refractivity contribution in [2.45, 2.75) is 0 Å². The maximum atomic E-state index is 12.0. The molecule has 0 spiro atoms. The van der Waals surface area contributed by atoms with Crippen molar-refractivity contribution in [1.29, 1.82) is 0 Å².